The number of nitrogens with zero attached hydrogens (tertiary/aromatic N) is 1. The van der Waals surface area contributed by atoms with Crippen LogP contribution in [0.1, 0.15) is 31.4 Å². The van der Waals surface area contributed by atoms with Gasteiger partial charge in [0.15, 0.2) is 0 Å². The van der Waals surface area contributed by atoms with Crippen LogP contribution in [0.25, 0.3) is 0 Å². The molecule has 2 rings (SSSR count). The molecule has 1 saturated heterocycles. The molecule has 4 nitrogen and oxygen atoms in total. The summed E-state index contributed by atoms with van der Waals surface area (Å²) in [5, 5.41) is 0. The maximum Gasteiger partial charge on any atom is 0.122 e. The highest BCUT2D eigenvalue weighted by Gasteiger charge is 2.28. The molecule has 1 aromatic carbocycles. The van der Waals surface area contributed by atoms with Crippen molar-refractivity contribution in [3.63, 3.8) is 0 Å². The molecule has 0 aromatic heterocycles. The zero-order valence-electron chi connectivity index (χ0n) is 12.1. The van der Waals surface area contributed by atoms with Crippen LogP contribution in [0.4, 0.5) is 0 Å². The maximum atomic E-state index is 6.01. The third kappa shape index (κ3) is 3.01. The molecular formula is C15H24N2O2. The van der Waals surface area contributed by atoms with E-state index in [1.807, 2.05) is 6.07 Å². The van der Waals surface area contributed by atoms with Crippen LogP contribution in [-0.2, 0) is 0 Å². The fourth-order valence-corrected chi connectivity index (χ4v) is 2.90. The van der Waals surface area contributed by atoms with Gasteiger partial charge in [-0.15, -0.1) is 0 Å². The molecule has 0 saturated carbocycles. The Balaban J connectivity index is 2.31. The van der Waals surface area contributed by atoms with Gasteiger partial charge in [-0.25, -0.2) is 0 Å². The van der Waals surface area contributed by atoms with Crippen LogP contribution in [0.15, 0.2) is 18.2 Å². The molecule has 1 aliphatic rings. The topological polar surface area (TPSA) is 47.7 Å². The predicted molar refractivity (Wildman–Crippen MR) is 76.7 cm³/mol. The minimum atomic E-state index is 0.237. The van der Waals surface area contributed by atoms with Crippen LogP contribution < -0.4 is 15.2 Å². The summed E-state index contributed by atoms with van der Waals surface area (Å²) in [4.78, 5) is 2.48. The van der Waals surface area contributed by atoms with Crippen molar-refractivity contribution in [2.75, 3.05) is 27.3 Å². The number of likely N-dealkylation sites (tertiary alicyclic amines) is 1. The van der Waals surface area contributed by atoms with E-state index in [-0.39, 0.29) is 6.04 Å². The molecule has 2 atom stereocenters. The van der Waals surface area contributed by atoms with E-state index in [1.54, 1.807) is 14.2 Å². The number of methoxy groups -OCH3 is 2. The highest BCUT2D eigenvalue weighted by Crippen LogP contribution is 2.32. The van der Waals surface area contributed by atoms with Gasteiger partial charge in [0.05, 0.1) is 14.2 Å². The van der Waals surface area contributed by atoms with Crippen LogP contribution in [0, 0.1) is 0 Å². The average molecular weight is 264 g/mol. The Kier molecular flexibility index (Phi) is 4.66. The van der Waals surface area contributed by atoms with Gasteiger partial charge in [-0.05, 0) is 44.0 Å². The number of hydrogen-bond donors (Lipinski definition) is 1. The average Bonchev–Trinajstić information content (AvgIpc) is 2.85. The van der Waals surface area contributed by atoms with E-state index < -0.39 is 0 Å². The molecule has 0 bridgehead atoms. The number of ether oxygens (including phenoxy) is 2. The second-order valence-corrected chi connectivity index (χ2v) is 5.13. The normalized spacial score (nSPS) is 21.4. The van der Waals surface area contributed by atoms with Gasteiger partial charge in [0, 0.05) is 24.7 Å². The molecule has 0 spiro atoms. The maximum absolute atomic E-state index is 6.01. The molecule has 106 valence electrons. The molecule has 0 radical (unpaired) electrons. The van der Waals surface area contributed by atoms with E-state index in [1.165, 1.54) is 18.4 Å². The zero-order chi connectivity index (χ0) is 13.8. The fourth-order valence-electron chi connectivity index (χ4n) is 2.90. The summed E-state index contributed by atoms with van der Waals surface area (Å²) in [7, 11) is 3.35. The van der Waals surface area contributed by atoms with Gasteiger partial charge in [-0.1, -0.05) is 0 Å². The van der Waals surface area contributed by atoms with Crippen molar-refractivity contribution in [1.82, 2.24) is 4.90 Å². The Morgan fingerprint density at radius 1 is 1.26 bits per heavy atom. The summed E-state index contributed by atoms with van der Waals surface area (Å²) in [6.45, 7) is 4.00. The number of nitrogens with two attached hydrogens (primary N) is 1. The number of benzene rings is 1. The molecule has 4 heteroatoms. The standard InChI is InChI=1S/C15H24N2O2/c1-11-5-4-6-17(11)15(10-16)12-7-13(18-2)9-14(8-12)19-3/h7-9,11,15H,4-6,10,16H2,1-3H3. The van der Waals surface area contributed by atoms with Crippen LogP contribution in [0.5, 0.6) is 11.5 Å². The van der Waals surface area contributed by atoms with Crippen molar-refractivity contribution in [2.45, 2.75) is 31.8 Å². The largest absolute Gasteiger partial charge is 0.497 e. The Morgan fingerprint density at radius 2 is 1.89 bits per heavy atom. The van der Waals surface area contributed by atoms with Crippen molar-refractivity contribution in [3.05, 3.63) is 23.8 Å². The molecule has 1 fully saturated rings. The van der Waals surface area contributed by atoms with Gasteiger partial charge in [-0.3, -0.25) is 4.90 Å². The molecule has 1 aliphatic heterocycles. The molecule has 2 unspecified atom stereocenters. The minimum absolute atomic E-state index is 0.237. The SMILES string of the molecule is COc1cc(OC)cc(C(CN)N2CCCC2C)c1. The molecule has 2 N–H and O–H groups in total. The molecule has 19 heavy (non-hydrogen) atoms. The second-order valence-electron chi connectivity index (χ2n) is 5.13. The molecular weight excluding hydrogens is 240 g/mol. The van der Waals surface area contributed by atoms with E-state index in [9.17, 15) is 0 Å². The lowest BCUT2D eigenvalue weighted by Crippen LogP contribution is -2.36. The second kappa shape index (κ2) is 6.26. The van der Waals surface area contributed by atoms with Crippen LogP contribution in [-0.4, -0.2) is 38.3 Å². The van der Waals surface area contributed by atoms with Crippen molar-refractivity contribution in [1.29, 1.82) is 0 Å². The number of hydrogen-bond acceptors (Lipinski definition) is 4. The first kappa shape index (κ1) is 14.2. The van der Waals surface area contributed by atoms with Crippen molar-refractivity contribution < 1.29 is 9.47 Å². The van der Waals surface area contributed by atoms with Crippen LogP contribution in [0.3, 0.4) is 0 Å². The van der Waals surface area contributed by atoms with Gasteiger partial charge in [0.25, 0.3) is 0 Å². The minimum Gasteiger partial charge on any atom is -0.497 e. The Labute approximate surface area is 115 Å². The van der Waals surface area contributed by atoms with E-state index in [4.69, 9.17) is 15.2 Å². The Morgan fingerprint density at radius 3 is 2.32 bits per heavy atom. The summed E-state index contributed by atoms with van der Waals surface area (Å²) < 4.78 is 10.7. The van der Waals surface area contributed by atoms with E-state index in [0.717, 1.165) is 18.0 Å². The lowest BCUT2D eigenvalue weighted by atomic mass is 10.0. The highest BCUT2D eigenvalue weighted by molar-refractivity contribution is 5.40. The van der Waals surface area contributed by atoms with Gasteiger partial charge in [-0.2, -0.15) is 0 Å². The first-order valence-electron chi connectivity index (χ1n) is 6.88. The zero-order valence-corrected chi connectivity index (χ0v) is 12.1. The lowest BCUT2D eigenvalue weighted by Gasteiger charge is -2.31. The highest BCUT2D eigenvalue weighted by atomic mass is 16.5. The van der Waals surface area contributed by atoms with Gasteiger partial charge in [0.1, 0.15) is 11.5 Å². The smallest absolute Gasteiger partial charge is 0.122 e. The molecule has 0 aliphatic carbocycles. The summed E-state index contributed by atoms with van der Waals surface area (Å²) in [5.74, 6) is 1.64. The van der Waals surface area contributed by atoms with Crippen molar-refractivity contribution in [3.8, 4) is 11.5 Å². The Bertz CT molecular complexity index is 400. The first-order chi connectivity index (χ1) is 9.19. The molecule has 1 aromatic rings. The van der Waals surface area contributed by atoms with Gasteiger partial charge in [0.2, 0.25) is 0 Å². The van der Waals surface area contributed by atoms with Crippen LogP contribution >= 0.6 is 0 Å². The van der Waals surface area contributed by atoms with E-state index >= 15 is 0 Å². The summed E-state index contributed by atoms with van der Waals surface area (Å²) in [6.07, 6.45) is 2.50. The third-order valence-corrected chi connectivity index (χ3v) is 3.99. The molecule has 0 amide bonds. The van der Waals surface area contributed by atoms with Gasteiger partial charge < -0.3 is 15.2 Å². The fraction of sp³-hybridized carbons (Fsp3) is 0.600. The van der Waals surface area contributed by atoms with Crippen LogP contribution in [0.2, 0.25) is 0 Å². The lowest BCUT2D eigenvalue weighted by molar-refractivity contribution is 0.195. The summed E-state index contributed by atoms with van der Waals surface area (Å²) >= 11 is 0. The quantitative estimate of drug-likeness (QED) is 0.885. The third-order valence-electron chi connectivity index (χ3n) is 3.99. The van der Waals surface area contributed by atoms with Gasteiger partial charge >= 0.3 is 0 Å². The summed E-state index contributed by atoms with van der Waals surface area (Å²) in [6, 6.07) is 6.84. The van der Waals surface area contributed by atoms with E-state index in [2.05, 4.69) is 24.0 Å². The van der Waals surface area contributed by atoms with E-state index in [0.29, 0.717) is 12.6 Å². The number of rotatable bonds is 5. The predicted octanol–water partition coefficient (Wildman–Crippen LogP) is 2.19. The molecule has 1 heterocycles. The van der Waals surface area contributed by atoms with Crippen molar-refractivity contribution >= 4 is 0 Å². The summed E-state index contributed by atoms with van der Waals surface area (Å²) in [5.41, 5.74) is 7.18. The first-order valence-corrected chi connectivity index (χ1v) is 6.88. The Hall–Kier alpha value is -1.26. The van der Waals surface area contributed by atoms with Crippen molar-refractivity contribution in [2.24, 2.45) is 5.73 Å². The monoisotopic (exact) mass is 264 g/mol.